The Balaban J connectivity index is 1.65. The van der Waals surface area contributed by atoms with Gasteiger partial charge >= 0.3 is 5.69 Å². The molecule has 0 saturated heterocycles. The normalized spacial score (nSPS) is 11.8. The molecule has 3 aromatic heterocycles. The number of nitrogens with one attached hydrogen (secondary N) is 2. The van der Waals surface area contributed by atoms with Crippen LogP contribution >= 0.6 is 23.2 Å². The molecule has 0 radical (unpaired) electrons. The Morgan fingerprint density at radius 2 is 1.88 bits per heavy atom. The molecule has 1 aromatic carbocycles. The van der Waals surface area contributed by atoms with E-state index in [-0.39, 0.29) is 16.3 Å². The molecule has 0 fully saturated rings. The van der Waals surface area contributed by atoms with Crippen molar-refractivity contribution in [3.05, 3.63) is 90.9 Å². The quantitative estimate of drug-likeness (QED) is 0.267. The second kappa shape index (κ2) is 12.6. The molecule has 3 N–H and O–H groups in total. The Bertz CT molecular complexity index is 1730. The van der Waals surface area contributed by atoms with Gasteiger partial charge in [0.2, 0.25) is 5.88 Å². The summed E-state index contributed by atoms with van der Waals surface area (Å²) < 4.78 is 7.49. The van der Waals surface area contributed by atoms with E-state index in [1.807, 2.05) is 6.07 Å². The van der Waals surface area contributed by atoms with Crippen LogP contribution in [0, 0.1) is 0 Å². The summed E-state index contributed by atoms with van der Waals surface area (Å²) >= 11 is 13.3. The lowest BCUT2D eigenvalue weighted by molar-refractivity contribution is 0.102. The number of nitrogens with zero attached hydrogens (tertiary/aromatic N) is 4. The fourth-order valence-electron chi connectivity index (χ4n) is 4.13. The average Bonchev–Trinajstić information content (AvgIpc) is 2.95. The Labute approximate surface area is 245 Å². The van der Waals surface area contributed by atoms with Crippen molar-refractivity contribution in [2.45, 2.75) is 19.6 Å². The van der Waals surface area contributed by atoms with Crippen molar-refractivity contribution in [3.63, 3.8) is 0 Å². The molecule has 1 amide bonds. The summed E-state index contributed by atoms with van der Waals surface area (Å²) in [7, 11) is 4.25. The summed E-state index contributed by atoms with van der Waals surface area (Å²) in [6, 6.07) is 8.60. The van der Waals surface area contributed by atoms with Gasteiger partial charge in [-0.15, -0.1) is 0 Å². The molecule has 11 nitrogen and oxygen atoms in total. The zero-order valence-electron chi connectivity index (χ0n) is 22.7. The SMILES string of the molecule is COc1nc(-c2cncc(-c3cccc(NC(=O)c4cn(C)c(=O)n(C)c4=O)c3Cl)c2)cc(Cl)c1CNCC(C)O. The monoisotopic (exact) mass is 598 g/mol. The molecular formula is C28H28Cl2N6O5. The number of aryl methyl sites for hydroxylation is 1. The van der Waals surface area contributed by atoms with Gasteiger partial charge in [-0.3, -0.25) is 19.1 Å². The van der Waals surface area contributed by atoms with E-state index in [1.54, 1.807) is 43.6 Å². The molecule has 0 spiro atoms. The van der Waals surface area contributed by atoms with Crippen LogP contribution in [-0.2, 0) is 20.6 Å². The van der Waals surface area contributed by atoms with Crippen LogP contribution in [0.2, 0.25) is 10.0 Å². The number of methoxy groups -OCH3 is 1. The van der Waals surface area contributed by atoms with Crippen LogP contribution in [0.15, 0.2) is 58.5 Å². The highest BCUT2D eigenvalue weighted by atomic mass is 35.5. The summed E-state index contributed by atoms with van der Waals surface area (Å²) in [4.78, 5) is 46.4. The molecule has 13 heteroatoms. The number of hydrogen-bond acceptors (Lipinski definition) is 8. The van der Waals surface area contributed by atoms with Gasteiger partial charge in [-0.25, -0.2) is 9.78 Å². The number of anilines is 1. The van der Waals surface area contributed by atoms with Crippen molar-refractivity contribution in [1.82, 2.24) is 24.4 Å². The van der Waals surface area contributed by atoms with Crippen molar-refractivity contribution in [2.75, 3.05) is 19.0 Å². The number of carbonyl (C=O) groups is 1. The second-order valence-corrected chi connectivity index (χ2v) is 10.1. The maximum absolute atomic E-state index is 12.9. The molecule has 3 heterocycles. The highest BCUT2D eigenvalue weighted by Crippen LogP contribution is 2.36. The standard InChI is InChI=1S/C28H28Cl2N6O5/c1-15(37)10-31-13-19-21(29)9-23(34-26(19)41-4)17-8-16(11-32-12-17)18-6-5-7-22(24(18)30)33-25(38)20-14-35(2)28(40)36(3)27(20)39/h5-9,11-12,14-15,31,37H,10,13H2,1-4H3,(H,33,38). The van der Waals surface area contributed by atoms with Gasteiger partial charge in [0, 0.05) is 68.0 Å². The fraction of sp³-hybridized carbons (Fsp3) is 0.250. The van der Waals surface area contributed by atoms with E-state index in [1.165, 1.54) is 27.4 Å². The van der Waals surface area contributed by atoms with E-state index >= 15 is 0 Å². The number of rotatable bonds is 9. The van der Waals surface area contributed by atoms with Gasteiger partial charge in [0.25, 0.3) is 11.5 Å². The van der Waals surface area contributed by atoms with Crippen LogP contribution in [0.1, 0.15) is 22.8 Å². The highest BCUT2D eigenvalue weighted by molar-refractivity contribution is 6.36. The van der Waals surface area contributed by atoms with Gasteiger partial charge in [0.1, 0.15) is 5.56 Å². The Kier molecular flexibility index (Phi) is 9.24. The number of pyridine rings is 2. The minimum Gasteiger partial charge on any atom is -0.481 e. The number of carbonyl (C=O) groups excluding carboxylic acids is 1. The van der Waals surface area contributed by atoms with Crippen molar-refractivity contribution >= 4 is 34.8 Å². The summed E-state index contributed by atoms with van der Waals surface area (Å²) in [5.74, 6) is -0.371. The zero-order valence-corrected chi connectivity index (χ0v) is 24.2. The van der Waals surface area contributed by atoms with Crippen LogP contribution in [-0.4, -0.2) is 49.9 Å². The first-order valence-corrected chi connectivity index (χ1v) is 13.2. The maximum Gasteiger partial charge on any atom is 0.330 e. The van der Waals surface area contributed by atoms with Crippen molar-refractivity contribution in [1.29, 1.82) is 0 Å². The molecule has 214 valence electrons. The molecule has 1 atom stereocenters. The van der Waals surface area contributed by atoms with Gasteiger partial charge < -0.3 is 25.0 Å². The third-order valence-corrected chi connectivity index (χ3v) is 6.99. The Hall–Kier alpha value is -4.03. The van der Waals surface area contributed by atoms with Crippen LogP contribution in [0.25, 0.3) is 22.4 Å². The zero-order chi connectivity index (χ0) is 29.8. The first-order valence-electron chi connectivity index (χ1n) is 12.5. The minimum atomic E-state index is -0.721. The molecule has 0 aliphatic rings. The molecular weight excluding hydrogens is 571 g/mol. The van der Waals surface area contributed by atoms with Crippen LogP contribution in [0.4, 0.5) is 5.69 Å². The largest absolute Gasteiger partial charge is 0.481 e. The molecule has 0 aliphatic carbocycles. The lowest BCUT2D eigenvalue weighted by atomic mass is 10.0. The maximum atomic E-state index is 12.9. The lowest BCUT2D eigenvalue weighted by Gasteiger charge is -2.14. The minimum absolute atomic E-state index is 0.207. The number of hydrogen-bond donors (Lipinski definition) is 3. The van der Waals surface area contributed by atoms with Crippen LogP contribution in [0.3, 0.4) is 0 Å². The molecule has 0 saturated carbocycles. The Morgan fingerprint density at radius 1 is 1.15 bits per heavy atom. The van der Waals surface area contributed by atoms with Gasteiger partial charge in [-0.2, -0.15) is 0 Å². The highest BCUT2D eigenvalue weighted by Gasteiger charge is 2.19. The molecule has 4 aromatic rings. The first kappa shape index (κ1) is 29.9. The first-order chi connectivity index (χ1) is 19.5. The summed E-state index contributed by atoms with van der Waals surface area (Å²) in [5, 5.41) is 15.9. The average molecular weight is 599 g/mol. The van der Waals surface area contributed by atoms with Gasteiger partial charge in [-0.1, -0.05) is 35.3 Å². The topological polar surface area (TPSA) is 140 Å². The van der Waals surface area contributed by atoms with Crippen LogP contribution < -0.4 is 26.6 Å². The summed E-state index contributed by atoms with van der Waals surface area (Å²) in [6.45, 7) is 2.42. The number of aromatic nitrogens is 4. The van der Waals surface area contributed by atoms with Crippen LogP contribution in [0.5, 0.6) is 5.88 Å². The van der Waals surface area contributed by atoms with Crippen molar-refractivity contribution < 1.29 is 14.6 Å². The number of aliphatic hydroxyl groups excluding tert-OH is 1. The predicted octanol–water partition coefficient (Wildman–Crippen LogP) is 3.25. The number of benzene rings is 1. The van der Waals surface area contributed by atoms with Gasteiger partial charge in [0.05, 0.1) is 34.6 Å². The van der Waals surface area contributed by atoms with Crippen molar-refractivity contribution in [2.24, 2.45) is 14.1 Å². The summed E-state index contributed by atoms with van der Waals surface area (Å²) in [5.41, 5.74) is 1.83. The van der Waals surface area contributed by atoms with E-state index in [0.717, 1.165) is 9.13 Å². The molecule has 41 heavy (non-hydrogen) atoms. The van der Waals surface area contributed by atoms with E-state index in [9.17, 15) is 19.5 Å². The number of ether oxygens (including phenoxy) is 1. The number of halogens is 2. The lowest BCUT2D eigenvalue weighted by Crippen LogP contribution is -2.40. The Morgan fingerprint density at radius 3 is 2.59 bits per heavy atom. The van der Waals surface area contributed by atoms with E-state index in [0.29, 0.717) is 51.9 Å². The number of aliphatic hydroxyl groups is 1. The van der Waals surface area contributed by atoms with Gasteiger partial charge in [0.15, 0.2) is 0 Å². The third kappa shape index (κ3) is 6.49. The fourth-order valence-corrected chi connectivity index (χ4v) is 4.67. The van der Waals surface area contributed by atoms with E-state index in [4.69, 9.17) is 27.9 Å². The molecule has 0 aliphatic heterocycles. The van der Waals surface area contributed by atoms with E-state index < -0.39 is 23.3 Å². The number of amides is 1. The summed E-state index contributed by atoms with van der Waals surface area (Å²) in [6.07, 6.45) is 3.92. The molecule has 0 bridgehead atoms. The molecule has 1 unspecified atom stereocenters. The predicted molar refractivity (Wildman–Crippen MR) is 158 cm³/mol. The third-order valence-electron chi connectivity index (χ3n) is 6.25. The smallest absolute Gasteiger partial charge is 0.330 e. The second-order valence-electron chi connectivity index (χ2n) is 9.34. The molecule has 4 rings (SSSR count). The van der Waals surface area contributed by atoms with E-state index in [2.05, 4.69) is 20.6 Å². The van der Waals surface area contributed by atoms with Crippen molar-refractivity contribution in [3.8, 4) is 28.3 Å². The van der Waals surface area contributed by atoms with Gasteiger partial charge in [-0.05, 0) is 25.1 Å².